The van der Waals surface area contributed by atoms with E-state index < -0.39 is 5.92 Å². The van der Waals surface area contributed by atoms with Gasteiger partial charge in [-0.2, -0.15) is 5.26 Å². The van der Waals surface area contributed by atoms with E-state index in [1.807, 2.05) is 48.5 Å². The van der Waals surface area contributed by atoms with Crippen LogP contribution in [0.15, 0.2) is 76.2 Å². The Morgan fingerprint density at radius 2 is 1.88 bits per heavy atom. The van der Waals surface area contributed by atoms with Gasteiger partial charge in [0.2, 0.25) is 0 Å². The maximum absolute atomic E-state index is 13.7. The van der Waals surface area contributed by atoms with Crippen LogP contribution in [0.3, 0.4) is 0 Å². The minimum atomic E-state index is -0.558. The molecule has 0 bridgehead atoms. The number of anilines is 1. The Labute approximate surface area is 249 Å². The number of allylic oxidation sites excluding steroid dienone is 3. The molecule has 3 heterocycles. The molecule has 8 heteroatoms. The number of amidine groups is 1. The molecule has 2 N–H and O–H groups in total. The fourth-order valence-electron chi connectivity index (χ4n) is 6.74. The highest BCUT2D eigenvalue weighted by atomic mass is 32.1. The topological polar surface area (TPSA) is 101 Å². The molecular formula is C34H32N4O3S. The van der Waals surface area contributed by atoms with Gasteiger partial charge in [-0.15, -0.1) is 11.3 Å². The minimum absolute atomic E-state index is 0.0821. The molecular weight excluding hydrogens is 544 g/mol. The number of nitrogens with zero attached hydrogens (tertiary/aromatic N) is 3. The largest absolute Gasteiger partial charge is 0.493 e. The van der Waals surface area contributed by atoms with Gasteiger partial charge < -0.3 is 15.2 Å². The van der Waals surface area contributed by atoms with Crippen LogP contribution in [0.4, 0.5) is 5.00 Å². The maximum Gasteiger partial charge on any atom is 0.161 e. The Morgan fingerprint density at radius 3 is 2.69 bits per heavy atom. The van der Waals surface area contributed by atoms with Gasteiger partial charge in [-0.05, 0) is 67.3 Å². The lowest BCUT2D eigenvalue weighted by Gasteiger charge is -2.41. The minimum Gasteiger partial charge on any atom is -0.493 e. The first kappa shape index (κ1) is 26.5. The first-order valence-corrected chi connectivity index (χ1v) is 15.4. The number of rotatable bonds is 5. The SMILES string of the molecule is COc1cc([C@@H]2C(C#N)=C3N=C(N)c4c(sc5c4CCCCC5)N3C3=C2C(=O)CCC3)ccc1OCc1ccccc1. The molecule has 7 rings (SSSR count). The molecule has 42 heavy (non-hydrogen) atoms. The second-order valence-corrected chi connectivity index (χ2v) is 12.3. The van der Waals surface area contributed by atoms with Crippen molar-refractivity contribution in [2.75, 3.05) is 12.0 Å². The van der Waals surface area contributed by atoms with E-state index in [-0.39, 0.29) is 5.78 Å². The van der Waals surface area contributed by atoms with Crippen LogP contribution in [0.1, 0.15) is 71.6 Å². The first-order valence-electron chi connectivity index (χ1n) is 14.6. The van der Waals surface area contributed by atoms with E-state index in [2.05, 4.69) is 11.0 Å². The molecule has 2 aliphatic heterocycles. The number of nitriles is 1. The monoisotopic (exact) mass is 576 g/mol. The molecule has 7 nitrogen and oxygen atoms in total. The molecule has 0 unspecified atom stereocenters. The second kappa shape index (κ2) is 10.8. The van der Waals surface area contributed by atoms with Crippen molar-refractivity contribution < 1.29 is 14.3 Å². The zero-order chi connectivity index (χ0) is 28.8. The number of benzene rings is 2. The number of Topliss-reactive ketones (excluding diaryl/α,β-unsaturated/α-hetero) is 1. The summed E-state index contributed by atoms with van der Waals surface area (Å²) < 4.78 is 11.8. The number of aryl methyl sites for hydroxylation is 1. The average Bonchev–Trinajstić information content (AvgIpc) is 3.23. The van der Waals surface area contributed by atoms with E-state index in [4.69, 9.17) is 20.2 Å². The molecule has 0 radical (unpaired) electrons. The molecule has 4 aliphatic rings. The van der Waals surface area contributed by atoms with Crippen LogP contribution in [-0.4, -0.2) is 18.7 Å². The van der Waals surface area contributed by atoms with Crippen LogP contribution in [-0.2, 0) is 24.2 Å². The van der Waals surface area contributed by atoms with Gasteiger partial charge in [-0.1, -0.05) is 42.8 Å². The van der Waals surface area contributed by atoms with E-state index >= 15 is 0 Å². The lowest BCUT2D eigenvalue weighted by atomic mass is 9.75. The van der Waals surface area contributed by atoms with Crippen molar-refractivity contribution in [3.8, 4) is 17.6 Å². The molecule has 0 saturated carbocycles. The molecule has 1 aromatic heterocycles. The van der Waals surface area contributed by atoms with Crippen molar-refractivity contribution in [1.82, 2.24) is 0 Å². The van der Waals surface area contributed by atoms with Gasteiger partial charge >= 0.3 is 0 Å². The number of carbonyl (C=O) groups is 1. The van der Waals surface area contributed by atoms with E-state index in [9.17, 15) is 10.1 Å². The Kier molecular flexibility index (Phi) is 6.83. The number of fused-ring (bicyclic) bond motifs is 6. The van der Waals surface area contributed by atoms with Crippen molar-refractivity contribution in [2.45, 2.75) is 63.9 Å². The molecule has 0 fully saturated rings. The highest BCUT2D eigenvalue weighted by molar-refractivity contribution is 7.17. The van der Waals surface area contributed by atoms with Crippen LogP contribution >= 0.6 is 11.3 Å². The van der Waals surface area contributed by atoms with Crippen molar-refractivity contribution >= 4 is 28.0 Å². The van der Waals surface area contributed by atoms with Gasteiger partial charge in [-0.25, -0.2) is 4.99 Å². The van der Waals surface area contributed by atoms with Crippen molar-refractivity contribution in [3.63, 3.8) is 0 Å². The highest BCUT2D eigenvalue weighted by Gasteiger charge is 2.44. The number of methoxy groups -OCH3 is 1. The van der Waals surface area contributed by atoms with Gasteiger partial charge in [-0.3, -0.25) is 9.69 Å². The number of thiophene rings is 1. The van der Waals surface area contributed by atoms with E-state index in [1.165, 1.54) is 16.9 Å². The predicted octanol–water partition coefficient (Wildman–Crippen LogP) is 6.67. The number of ether oxygens (including phenoxy) is 2. The average molecular weight is 577 g/mol. The Balaban J connectivity index is 1.35. The summed E-state index contributed by atoms with van der Waals surface area (Å²) in [5, 5.41) is 11.6. The van der Waals surface area contributed by atoms with Crippen LogP contribution in [0.25, 0.3) is 0 Å². The van der Waals surface area contributed by atoms with Gasteiger partial charge in [0, 0.05) is 22.6 Å². The number of aliphatic imine (C=N–C) groups is 1. The first-order chi connectivity index (χ1) is 20.6. The molecule has 0 amide bonds. The van der Waals surface area contributed by atoms with E-state index in [1.54, 1.807) is 18.4 Å². The summed E-state index contributed by atoms with van der Waals surface area (Å²) in [4.78, 5) is 22.1. The summed E-state index contributed by atoms with van der Waals surface area (Å²) in [5.41, 5.74) is 12.9. The van der Waals surface area contributed by atoms with Gasteiger partial charge in [0.25, 0.3) is 0 Å². The fraction of sp³-hybridized carbons (Fsp3) is 0.324. The van der Waals surface area contributed by atoms with E-state index in [0.717, 1.165) is 65.9 Å². The van der Waals surface area contributed by atoms with Gasteiger partial charge in [0.15, 0.2) is 23.1 Å². The third-order valence-electron chi connectivity index (χ3n) is 8.70. The van der Waals surface area contributed by atoms with Crippen molar-refractivity contribution in [2.24, 2.45) is 10.7 Å². The summed E-state index contributed by atoms with van der Waals surface area (Å²) in [7, 11) is 1.60. The normalized spacial score (nSPS) is 19.6. The summed E-state index contributed by atoms with van der Waals surface area (Å²) in [5.74, 6) is 1.68. The third kappa shape index (κ3) is 4.31. The summed E-state index contributed by atoms with van der Waals surface area (Å²) in [6.45, 7) is 0.400. The molecule has 2 aromatic carbocycles. The molecule has 0 saturated heterocycles. The predicted molar refractivity (Wildman–Crippen MR) is 164 cm³/mol. The molecule has 3 aromatic rings. The number of nitrogens with two attached hydrogens (primary N) is 1. The third-order valence-corrected chi connectivity index (χ3v) is 9.97. The van der Waals surface area contributed by atoms with Crippen LogP contribution in [0.5, 0.6) is 11.5 Å². The van der Waals surface area contributed by atoms with Crippen LogP contribution in [0.2, 0.25) is 0 Å². The smallest absolute Gasteiger partial charge is 0.161 e. The Hall–Kier alpha value is -4.35. The van der Waals surface area contributed by atoms with Crippen LogP contribution < -0.4 is 20.1 Å². The Bertz CT molecular complexity index is 1730. The summed E-state index contributed by atoms with van der Waals surface area (Å²) in [6, 6.07) is 18.1. The lowest BCUT2D eigenvalue weighted by molar-refractivity contribution is -0.116. The quantitative estimate of drug-likeness (QED) is 0.341. The van der Waals surface area contributed by atoms with E-state index in [0.29, 0.717) is 47.3 Å². The van der Waals surface area contributed by atoms with Gasteiger partial charge in [0.1, 0.15) is 17.4 Å². The zero-order valence-corrected chi connectivity index (χ0v) is 24.4. The number of hydrogen-bond acceptors (Lipinski definition) is 8. The Morgan fingerprint density at radius 1 is 1.05 bits per heavy atom. The maximum atomic E-state index is 13.7. The summed E-state index contributed by atoms with van der Waals surface area (Å²) >= 11 is 1.76. The summed E-state index contributed by atoms with van der Waals surface area (Å²) in [6.07, 6.45) is 7.51. The number of hydrogen-bond donors (Lipinski definition) is 1. The van der Waals surface area contributed by atoms with Crippen molar-refractivity contribution in [3.05, 3.63) is 98.3 Å². The molecule has 2 aliphatic carbocycles. The highest BCUT2D eigenvalue weighted by Crippen LogP contribution is 2.53. The number of ketones is 1. The second-order valence-electron chi connectivity index (χ2n) is 11.2. The molecule has 1 atom stereocenters. The fourth-order valence-corrected chi connectivity index (χ4v) is 8.17. The molecule has 212 valence electrons. The van der Waals surface area contributed by atoms with Crippen molar-refractivity contribution in [1.29, 1.82) is 5.26 Å². The number of carbonyl (C=O) groups excluding carboxylic acids is 1. The molecule has 0 spiro atoms. The van der Waals surface area contributed by atoms with Crippen LogP contribution in [0, 0.1) is 11.3 Å². The standard InChI is InChI=1S/C34H32N4O3S/c1-40-27-17-21(15-16-26(27)41-19-20-9-4-2-5-10-20)29-23(18-35)33-37-32(36)30-22-11-6-3-7-14-28(22)42-34(30)38(33)24-12-8-13-25(39)31(24)29/h2,4-5,9-10,15-17,29H,3,6-8,11-14,19H2,1H3,(H2,36,37)/t29-/m1/s1. The van der Waals surface area contributed by atoms with Gasteiger partial charge in [0.05, 0.1) is 30.2 Å². The lowest BCUT2D eigenvalue weighted by Crippen LogP contribution is -2.38. The zero-order valence-electron chi connectivity index (χ0n) is 23.6.